The molecular formula is C20H30O6. The average molecular weight is 366 g/mol. The summed E-state index contributed by atoms with van der Waals surface area (Å²) in [5, 5.41) is 17.1. The molecule has 146 valence electrons. The highest BCUT2D eigenvalue weighted by molar-refractivity contribution is 5.66. The zero-order valence-electron chi connectivity index (χ0n) is 15.3. The predicted molar refractivity (Wildman–Crippen MR) is 98.9 cm³/mol. The number of benzene rings is 1. The first-order valence-corrected chi connectivity index (χ1v) is 9.37. The molecule has 1 aromatic carbocycles. The van der Waals surface area contributed by atoms with Gasteiger partial charge in [-0.2, -0.15) is 0 Å². The van der Waals surface area contributed by atoms with Crippen LogP contribution in [0.2, 0.25) is 0 Å². The summed E-state index contributed by atoms with van der Waals surface area (Å²) in [5.41, 5.74) is 0. The molecule has 0 aromatic heterocycles. The quantitative estimate of drug-likeness (QED) is 0.418. The second-order valence-electron chi connectivity index (χ2n) is 6.29. The van der Waals surface area contributed by atoms with E-state index >= 15 is 0 Å². The van der Waals surface area contributed by atoms with E-state index in [-0.39, 0.29) is 12.8 Å². The van der Waals surface area contributed by atoms with Crippen LogP contribution in [0.4, 0.5) is 0 Å². The topological polar surface area (TPSA) is 93.1 Å². The van der Waals surface area contributed by atoms with Gasteiger partial charge in [-0.3, -0.25) is 9.59 Å². The minimum absolute atomic E-state index is 0.236. The van der Waals surface area contributed by atoms with E-state index in [4.69, 9.17) is 19.7 Å². The summed E-state index contributed by atoms with van der Waals surface area (Å²) in [5.74, 6) is 0.0700. The Kier molecular flexibility index (Phi) is 11.7. The molecule has 0 heterocycles. The maximum absolute atomic E-state index is 10.4. The van der Waals surface area contributed by atoms with E-state index in [0.717, 1.165) is 62.9 Å². The molecule has 6 nitrogen and oxygen atoms in total. The molecule has 6 heteroatoms. The van der Waals surface area contributed by atoms with Gasteiger partial charge in [0.2, 0.25) is 0 Å². The molecule has 26 heavy (non-hydrogen) atoms. The smallest absolute Gasteiger partial charge is 0.303 e. The van der Waals surface area contributed by atoms with Gasteiger partial charge in [0.15, 0.2) is 0 Å². The van der Waals surface area contributed by atoms with Gasteiger partial charge in [-0.15, -0.1) is 0 Å². The van der Waals surface area contributed by atoms with Crippen LogP contribution in [0.3, 0.4) is 0 Å². The van der Waals surface area contributed by atoms with Crippen LogP contribution in [0.25, 0.3) is 0 Å². The number of hydrogen-bond donors (Lipinski definition) is 2. The van der Waals surface area contributed by atoms with Crippen LogP contribution in [-0.4, -0.2) is 35.4 Å². The zero-order valence-corrected chi connectivity index (χ0v) is 15.3. The van der Waals surface area contributed by atoms with Crippen molar-refractivity contribution in [1.29, 1.82) is 0 Å². The normalized spacial score (nSPS) is 10.5. The molecule has 0 radical (unpaired) electrons. The molecule has 0 amide bonds. The van der Waals surface area contributed by atoms with Gasteiger partial charge in [0.1, 0.15) is 11.5 Å². The van der Waals surface area contributed by atoms with Crippen LogP contribution < -0.4 is 9.47 Å². The van der Waals surface area contributed by atoms with Crippen LogP contribution in [0.1, 0.15) is 64.2 Å². The zero-order chi connectivity index (χ0) is 19.0. The number of aliphatic carboxylic acids is 2. The summed E-state index contributed by atoms with van der Waals surface area (Å²) >= 11 is 0. The van der Waals surface area contributed by atoms with E-state index in [1.54, 1.807) is 0 Å². The van der Waals surface area contributed by atoms with Gasteiger partial charge < -0.3 is 19.7 Å². The maximum atomic E-state index is 10.4. The number of hydrogen-bond acceptors (Lipinski definition) is 4. The van der Waals surface area contributed by atoms with Gasteiger partial charge in [-0.1, -0.05) is 31.7 Å². The lowest BCUT2D eigenvalue weighted by Gasteiger charge is -2.09. The van der Waals surface area contributed by atoms with E-state index in [2.05, 4.69) is 0 Å². The van der Waals surface area contributed by atoms with E-state index < -0.39 is 11.9 Å². The van der Waals surface area contributed by atoms with Crippen LogP contribution in [0, 0.1) is 0 Å². The molecule has 0 saturated heterocycles. The van der Waals surface area contributed by atoms with Gasteiger partial charge in [0.25, 0.3) is 0 Å². The minimum atomic E-state index is -0.738. The summed E-state index contributed by atoms with van der Waals surface area (Å²) in [6.45, 7) is 1.22. The predicted octanol–water partition coefficient (Wildman–Crippen LogP) is 4.51. The van der Waals surface area contributed by atoms with Crippen molar-refractivity contribution in [3.63, 3.8) is 0 Å². The SMILES string of the molecule is O=C(O)CCCCCCOc1cccc(OCCCCCCC(=O)O)c1. The molecule has 0 bridgehead atoms. The van der Waals surface area contributed by atoms with Gasteiger partial charge in [0.05, 0.1) is 13.2 Å². The molecular weight excluding hydrogens is 336 g/mol. The second kappa shape index (κ2) is 14.0. The van der Waals surface area contributed by atoms with E-state index in [1.807, 2.05) is 24.3 Å². The first-order chi connectivity index (χ1) is 12.6. The van der Waals surface area contributed by atoms with Gasteiger partial charge in [-0.05, 0) is 37.8 Å². The molecule has 0 aliphatic heterocycles. The van der Waals surface area contributed by atoms with Crippen LogP contribution in [0.5, 0.6) is 11.5 Å². The third-order valence-corrected chi connectivity index (χ3v) is 3.91. The number of unbranched alkanes of at least 4 members (excludes halogenated alkanes) is 6. The van der Waals surface area contributed by atoms with Crippen LogP contribution in [0.15, 0.2) is 24.3 Å². The third-order valence-electron chi connectivity index (χ3n) is 3.91. The van der Waals surface area contributed by atoms with Crippen molar-refractivity contribution < 1.29 is 29.3 Å². The average Bonchev–Trinajstić information content (AvgIpc) is 2.60. The number of carbonyl (C=O) groups is 2. The van der Waals surface area contributed by atoms with E-state index in [1.165, 1.54) is 0 Å². The van der Waals surface area contributed by atoms with Gasteiger partial charge >= 0.3 is 11.9 Å². The van der Waals surface area contributed by atoms with Gasteiger partial charge in [0, 0.05) is 18.9 Å². The number of carboxylic acids is 2. The number of ether oxygens (including phenoxy) is 2. The highest BCUT2D eigenvalue weighted by Gasteiger charge is 2.00. The molecule has 0 unspecified atom stereocenters. The fourth-order valence-electron chi connectivity index (χ4n) is 2.50. The minimum Gasteiger partial charge on any atom is -0.493 e. The Morgan fingerprint density at radius 3 is 1.54 bits per heavy atom. The molecule has 2 N–H and O–H groups in total. The Labute approximate surface area is 155 Å². The first kappa shape index (κ1) is 21.8. The van der Waals surface area contributed by atoms with Gasteiger partial charge in [-0.25, -0.2) is 0 Å². The Morgan fingerprint density at radius 2 is 1.12 bits per heavy atom. The summed E-state index contributed by atoms with van der Waals surface area (Å²) in [6, 6.07) is 7.55. The molecule has 0 aliphatic rings. The molecule has 1 aromatic rings. The lowest BCUT2D eigenvalue weighted by Crippen LogP contribution is -2.00. The fourth-order valence-corrected chi connectivity index (χ4v) is 2.50. The van der Waals surface area contributed by atoms with Crippen molar-refractivity contribution in [2.45, 2.75) is 64.2 Å². The Morgan fingerprint density at radius 1 is 0.692 bits per heavy atom. The lowest BCUT2D eigenvalue weighted by atomic mass is 10.1. The monoisotopic (exact) mass is 366 g/mol. The molecule has 0 spiro atoms. The summed E-state index contributed by atoms with van der Waals surface area (Å²) in [7, 11) is 0. The van der Waals surface area contributed by atoms with Crippen LogP contribution >= 0.6 is 0 Å². The largest absolute Gasteiger partial charge is 0.493 e. The fraction of sp³-hybridized carbons (Fsp3) is 0.600. The van der Waals surface area contributed by atoms with Crippen molar-refractivity contribution in [3.05, 3.63) is 24.3 Å². The Hall–Kier alpha value is -2.24. The summed E-state index contributed by atoms with van der Waals surface area (Å²) in [6.07, 6.45) is 7.46. The maximum Gasteiger partial charge on any atom is 0.303 e. The number of rotatable bonds is 16. The molecule has 0 atom stereocenters. The Bertz CT molecular complexity index is 486. The third kappa shape index (κ3) is 12.2. The first-order valence-electron chi connectivity index (χ1n) is 9.37. The summed E-state index contributed by atoms with van der Waals surface area (Å²) < 4.78 is 11.4. The van der Waals surface area contributed by atoms with Crippen molar-refractivity contribution in [1.82, 2.24) is 0 Å². The molecule has 0 aliphatic carbocycles. The van der Waals surface area contributed by atoms with Crippen molar-refractivity contribution in [2.24, 2.45) is 0 Å². The Balaban J connectivity index is 2.08. The van der Waals surface area contributed by atoms with Crippen LogP contribution in [-0.2, 0) is 9.59 Å². The summed E-state index contributed by atoms with van der Waals surface area (Å²) in [4.78, 5) is 20.8. The molecule has 0 saturated carbocycles. The van der Waals surface area contributed by atoms with Crippen molar-refractivity contribution in [2.75, 3.05) is 13.2 Å². The second-order valence-corrected chi connectivity index (χ2v) is 6.29. The van der Waals surface area contributed by atoms with Crippen molar-refractivity contribution >= 4 is 11.9 Å². The number of carboxylic acid groups (broad SMARTS) is 2. The standard InChI is InChI=1S/C20H30O6/c21-19(22)12-5-1-3-7-14-25-17-10-9-11-18(16-17)26-15-8-4-2-6-13-20(23)24/h9-11,16H,1-8,12-15H2,(H,21,22)(H,23,24). The highest BCUT2D eigenvalue weighted by atomic mass is 16.5. The molecule has 0 fully saturated rings. The highest BCUT2D eigenvalue weighted by Crippen LogP contribution is 2.20. The van der Waals surface area contributed by atoms with E-state index in [9.17, 15) is 9.59 Å². The molecule has 1 rings (SSSR count). The lowest BCUT2D eigenvalue weighted by molar-refractivity contribution is -0.138. The van der Waals surface area contributed by atoms with Crippen molar-refractivity contribution in [3.8, 4) is 11.5 Å². The van der Waals surface area contributed by atoms with E-state index in [0.29, 0.717) is 13.2 Å².